The molecule has 3 heterocycles. The summed E-state index contributed by atoms with van der Waals surface area (Å²) in [5.41, 5.74) is 2.43. The Morgan fingerprint density at radius 1 is 1.15 bits per heavy atom. The van der Waals surface area contributed by atoms with Crippen molar-refractivity contribution in [2.24, 2.45) is 4.99 Å². The highest BCUT2D eigenvalue weighted by Gasteiger charge is 2.38. The minimum absolute atomic E-state index is 0.154. The van der Waals surface area contributed by atoms with Crippen LogP contribution in [-0.4, -0.2) is 43.8 Å². The zero-order valence-electron chi connectivity index (χ0n) is 22.0. The number of methoxy groups -OCH3 is 2. The quantitative estimate of drug-likeness (QED) is 0.335. The van der Waals surface area contributed by atoms with Crippen LogP contribution in [-0.2, 0) is 14.3 Å². The van der Waals surface area contributed by atoms with Crippen LogP contribution in [0.5, 0.6) is 11.5 Å². The smallest absolute Gasteiger partial charge is 0.338 e. The predicted octanol–water partition coefficient (Wildman–Crippen LogP) is 2.72. The van der Waals surface area contributed by atoms with E-state index in [1.54, 1.807) is 50.1 Å². The SMILES string of the molecule is C=CCN1C(=O)/C(=c2/sc3n(c2=O)[C@@H](c2ccc(OC)cc2OC)C(C(=O)OCC)=C(C)N=3)c2ccccc21. The fourth-order valence-corrected chi connectivity index (χ4v) is 6.13. The molecule has 39 heavy (non-hydrogen) atoms. The zero-order chi connectivity index (χ0) is 27.8. The van der Waals surface area contributed by atoms with Crippen molar-refractivity contribution in [2.75, 3.05) is 32.3 Å². The zero-order valence-corrected chi connectivity index (χ0v) is 22.8. The van der Waals surface area contributed by atoms with Gasteiger partial charge in [0, 0.05) is 23.7 Å². The van der Waals surface area contributed by atoms with Crippen LogP contribution in [0.1, 0.15) is 31.0 Å². The van der Waals surface area contributed by atoms with Gasteiger partial charge in [-0.05, 0) is 32.0 Å². The second kappa shape index (κ2) is 10.4. The Kier molecular flexibility index (Phi) is 6.96. The molecule has 1 aromatic heterocycles. The molecule has 3 aromatic rings. The maximum Gasteiger partial charge on any atom is 0.338 e. The molecule has 9 nitrogen and oxygen atoms in total. The first-order valence-electron chi connectivity index (χ1n) is 12.3. The van der Waals surface area contributed by atoms with Crippen molar-refractivity contribution in [3.63, 3.8) is 0 Å². The highest BCUT2D eigenvalue weighted by Crippen LogP contribution is 2.38. The highest BCUT2D eigenvalue weighted by atomic mass is 32.1. The Morgan fingerprint density at radius 2 is 1.92 bits per heavy atom. The number of hydrogen-bond donors (Lipinski definition) is 0. The molecule has 0 bridgehead atoms. The fourth-order valence-electron chi connectivity index (χ4n) is 4.99. The van der Waals surface area contributed by atoms with Crippen molar-refractivity contribution >= 4 is 34.5 Å². The number of carbonyl (C=O) groups excluding carboxylic acids is 2. The number of carbonyl (C=O) groups is 2. The number of nitrogens with zero attached hydrogens (tertiary/aromatic N) is 3. The number of anilines is 1. The predicted molar refractivity (Wildman–Crippen MR) is 148 cm³/mol. The number of hydrogen-bond acceptors (Lipinski definition) is 8. The van der Waals surface area contributed by atoms with E-state index in [4.69, 9.17) is 14.2 Å². The molecule has 10 heteroatoms. The van der Waals surface area contributed by atoms with E-state index in [2.05, 4.69) is 11.6 Å². The third kappa shape index (κ3) is 4.17. The molecular formula is C29H27N3O6S. The van der Waals surface area contributed by atoms with Crippen LogP contribution in [0.25, 0.3) is 5.57 Å². The van der Waals surface area contributed by atoms with Crippen molar-refractivity contribution in [1.82, 2.24) is 4.57 Å². The number of esters is 1. The number of rotatable bonds is 7. The Hall–Kier alpha value is -4.44. The van der Waals surface area contributed by atoms with Gasteiger partial charge in [-0.3, -0.25) is 14.2 Å². The molecule has 1 amide bonds. The first-order chi connectivity index (χ1) is 18.9. The van der Waals surface area contributed by atoms with Crippen LogP contribution in [0.3, 0.4) is 0 Å². The number of benzene rings is 2. The molecule has 200 valence electrons. The van der Waals surface area contributed by atoms with Gasteiger partial charge >= 0.3 is 5.97 Å². The van der Waals surface area contributed by atoms with Gasteiger partial charge in [-0.15, -0.1) is 6.58 Å². The van der Waals surface area contributed by atoms with Crippen LogP contribution in [0.15, 0.2) is 76.2 Å². The maximum atomic E-state index is 14.2. The lowest BCUT2D eigenvalue weighted by atomic mass is 9.95. The summed E-state index contributed by atoms with van der Waals surface area (Å²) in [5, 5.41) is 0. The van der Waals surface area contributed by atoms with Gasteiger partial charge in [-0.2, -0.15) is 0 Å². The van der Waals surface area contributed by atoms with E-state index < -0.39 is 17.6 Å². The van der Waals surface area contributed by atoms with Crippen LogP contribution in [0, 0.1) is 0 Å². The molecule has 0 aliphatic carbocycles. The van der Waals surface area contributed by atoms with Gasteiger partial charge in [0.2, 0.25) is 0 Å². The van der Waals surface area contributed by atoms with Crippen molar-refractivity contribution in [2.45, 2.75) is 19.9 Å². The number of para-hydroxylation sites is 1. The Bertz CT molecular complexity index is 1730. The molecule has 0 saturated carbocycles. The summed E-state index contributed by atoms with van der Waals surface area (Å²) in [6, 6.07) is 11.6. The Labute approximate surface area is 228 Å². The normalized spacial score (nSPS) is 17.4. The van der Waals surface area contributed by atoms with Gasteiger partial charge in [-0.1, -0.05) is 35.6 Å². The second-order valence-corrected chi connectivity index (χ2v) is 9.80. The average Bonchev–Trinajstić information content (AvgIpc) is 3.40. The summed E-state index contributed by atoms with van der Waals surface area (Å²) < 4.78 is 18.1. The summed E-state index contributed by atoms with van der Waals surface area (Å²) >= 11 is 1.12. The van der Waals surface area contributed by atoms with Gasteiger partial charge in [-0.25, -0.2) is 9.79 Å². The summed E-state index contributed by atoms with van der Waals surface area (Å²) in [6.07, 6.45) is 1.64. The Morgan fingerprint density at radius 3 is 2.62 bits per heavy atom. The monoisotopic (exact) mass is 545 g/mol. The molecule has 2 aliphatic heterocycles. The van der Waals surface area contributed by atoms with Crippen molar-refractivity contribution in [3.8, 4) is 11.5 Å². The number of allylic oxidation sites excluding steroid dienone is 1. The minimum Gasteiger partial charge on any atom is -0.497 e. The van der Waals surface area contributed by atoms with E-state index in [0.29, 0.717) is 50.9 Å². The molecule has 5 rings (SSSR count). The topological polar surface area (TPSA) is 99.4 Å². The molecule has 2 aromatic carbocycles. The van der Waals surface area contributed by atoms with Gasteiger partial charge in [0.25, 0.3) is 11.5 Å². The maximum absolute atomic E-state index is 14.2. The molecule has 0 radical (unpaired) electrons. The minimum atomic E-state index is -0.897. The highest BCUT2D eigenvalue weighted by molar-refractivity contribution is 7.07. The van der Waals surface area contributed by atoms with Gasteiger partial charge < -0.3 is 19.1 Å². The van der Waals surface area contributed by atoms with E-state index in [1.807, 2.05) is 24.3 Å². The Balaban J connectivity index is 1.84. The van der Waals surface area contributed by atoms with Crippen LogP contribution < -0.4 is 29.3 Å². The third-order valence-corrected chi connectivity index (χ3v) is 7.74. The number of amides is 1. The second-order valence-electron chi connectivity index (χ2n) is 8.83. The lowest BCUT2D eigenvalue weighted by Gasteiger charge is -2.26. The summed E-state index contributed by atoms with van der Waals surface area (Å²) in [6.45, 7) is 7.64. The molecule has 2 aliphatic rings. The summed E-state index contributed by atoms with van der Waals surface area (Å²) in [5.74, 6) is 0.105. The van der Waals surface area contributed by atoms with E-state index in [0.717, 1.165) is 11.3 Å². The van der Waals surface area contributed by atoms with Gasteiger partial charge in [0.15, 0.2) is 4.80 Å². The molecule has 0 unspecified atom stereocenters. The number of thiazole rings is 1. The summed E-state index contributed by atoms with van der Waals surface area (Å²) in [4.78, 5) is 47.7. The summed E-state index contributed by atoms with van der Waals surface area (Å²) in [7, 11) is 3.05. The molecule has 0 N–H and O–H groups in total. The first kappa shape index (κ1) is 26.2. The molecule has 1 atom stereocenters. The molecule has 0 fully saturated rings. The number of ether oxygens (including phenoxy) is 3. The van der Waals surface area contributed by atoms with Crippen molar-refractivity contribution in [3.05, 3.63) is 97.2 Å². The standard InChI is InChI=1S/C29H27N3O6S/c1-6-14-31-20-11-9-8-10-18(20)23(26(31)33)25-27(34)32-24(19-13-12-17(36-4)15-21(19)37-5)22(28(35)38-7-2)16(3)30-29(32)39-25/h6,8-13,15,24H,1,7,14H2,2-5H3/b25-23+/t24-/m0/s1. The molecule has 0 saturated heterocycles. The van der Waals surface area contributed by atoms with Gasteiger partial charge in [0.05, 0.1) is 43.4 Å². The first-order valence-corrected chi connectivity index (χ1v) is 13.1. The number of aromatic nitrogens is 1. The van der Waals surface area contributed by atoms with Crippen LogP contribution in [0.2, 0.25) is 0 Å². The van der Waals surface area contributed by atoms with Crippen molar-refractivity contribution < 1.29 is 23.8 Å². The largest absolute Gasteiger partial charge is 0.497 e. The molecular weight excluding hydrogens is 518 g/mol. The third-order valence-electron chi connectivity index (χ3n) is 6.69. The van der Waals surface area contributed by atoms with Crippen molar-refractivity contribution in [1.29, 1.82) is 0 Å². The van der Waals surface area contributed by atoms with E-state index >= 15 is 0 Å². The van der Waals surface area contributed by atoms with E-state index in [-0.39, 0.29) is 22.6 Å². The average molecular weight is 546 g/mol. The van der Waals surface area contributed by atoms with Crippen LogP contribution >= 0.6 is 11.3 Å². The lowest BCUT2D eigenvalue weighted by Crippen LogP contribution is -2.41. The van der Waals surface area contributed by atoms with Crippen LogP contribution in [0.4, 0.5) is 5.69 Å². The van der Waals surface area contributed by atoms with E-state index in [1.165, 1.54) is 11.7 Å². The number of fused-ring (bicyclic) bond motifs is 2. The van der Waals surface area contributed by atoms with E-state index in [9.17, 15) is 14.4 Å². The molecule has 0 spiro atoms. The van der Waals surface area contributed by atoms with Gasteiger partial charge in [0.1, 0.15) is 22.1 Å². The lowest BCUT2D eigenvalue weighted by molar-refractivity contribution is -0.139. The fraction of sp³-hybridized carbons (Fsp3) is 0.241.